The summed E-state index contributed by atoms with van der Waals surface area (Å²) in [6.45, 7) is 2.60. The van der Waals surface area contributed by atoms with Crippen molar-refractivity contribution in [2.75, 3.05) is 0 Å². The van der Waals surface area contributed by atoms with Crippen LogP contribution in [0.1, 0.15) is 23.2 Å². The number of aryl methyl sites for hydroxylation is 2. The number of aromatic nitrogens is 2. The van der Waals surface area contributed by atoms with Gasteiger partial charge in [0.05, 0.1) is 5.69 Å². The van der Waals surface area contributed by atoms with Gasteiger partial charge in [-0.25, -0.2) is 4.98 Å². The minimum atomic E-state index is 0.0318. The maximum Gasteiger partial charge on any atom is 0.220 e. The van der Waals surface area contributed by atoms with Gasteiger partial charge in [-0.15, -0.1) is 11.3 Å². The third-order valence-electron chi connectivity index (χ3n) is 3.75. The molecule has 1 N–H and O–H groups in total. The van der Waals surface area contributed by atoms with Crippen LogP contribution >= 0.6 is 11.3 Å². The van der Waals surface area contributed by atoms with Gasteiger partial charge >= 0.3 is 0 Å². The molecule has 0 fully saturated rings. The van der Waals surface area contributed by atoms with Gasteiger partial charge in [0.1, 0.15) is 5.01 Å². The highest BCUT2D eigenvalue weighted by Crippen LogP contribution is 2.26. The van der Waals surface area contributed by atoms with E-state index in [2.05, 4.69) is 34.3 Å². The molecule has 1 aromatic carbocycles. The Hall–Kier alpha value is -2.53. The zero-order chi connectivity index (χ0) is 16.8. The van der Waals surface area contributed by atoms with Gasteiger partial charge in [0.15, 0.2) is 0 Å². The molecule has 0 atom stereocenters. The lowest BCUT2D eigenvalue weighted by molar-refractivity contribution is -0.121. The molecule has 0 aliphatic carbocycles. The Morgan fingerprint density at radius 1 is 1.21 bits per heavy atom. The lowest BCUT2D eigenvalue weighted by atomic mass is 10.1. The minimum absolute atomic E-state index is 0.0318. The normalized spacial score (nSPS) is 10.5. The fourth-order valence-corrected chi connectivity index (χ4v) is 3.34. The molecule has 0 bridgehead atoms. The monoisotopic (exact) mass is 337 g/mol. The lowest BCUT2D eigenvalue weighted by Crippen LogP contribution is -2.23. The Balaban J connectivity index is 1.52. The summed E-state index contributed by atoms with van der Waals surface area (Å²) in [7, 11) is 0. The van der Waals surface area contributed by atoms with Gasteiger partial charge in [-0.2, -0.15) is 0 Å². The van der Waals surface area contributed by atoms with Crippen LogP contribution in [0.4, 0.5) is 0 Å². The third-order valence-corrected chi connectivity index (χ3v) is 4.67. The standard InChI is InChI=1S/C19H19N3OS/c1-14-5-2-3-7-17(14)19-22-16(13-24-19)8-9-18(23)21-12-15-6-4-10-20-11-15/h2-7,10-11,13H,8-9,12H2,1H3,(H,21,23). The van der Waals surface area contributed by atoms with Crippen LogP contribution in [0.15, 0.2) is 54.2 Å². The average Bonchev–Trinajstić information content (AvgIpc) is 3.08. The van der Waals surface area contributed by atoms with E-state index in [-0.39, 0.29) is 5.91 Å². The van der Waals surface area contributed by atoms with Gasteiger partial charge in [-0.05, 0) is 30.5 Å². The molecular weight excluding hydrogens is 318 g/mol. The molecule has 24 heavy (non-hydrogen) atoms. The highest BCUT2D eigenvalue weighted by Gasteiger charge is 2.09. The number of nitrogens with one attached hydrogen (secondary N) is 1. The van der Waals surface area contributed by atoms with Crippen molar-refractivity contribution in [3.05, 3.63) is 71.0 Å². The highest BCUT2D eigenvalue weighted by atomic mass is 32.1. The first-order valence-corrected chi connectivity index (χ1v) is 8.76. The van der Waals surface area contributed by atoms with Gasteiger partial charge < -0.3 is 5.32 Å². The first-order valence-electron chi connectivity index (χ1n) is 7.88. The van der Waals surface area contributed by atoms with Crippen molar-refractivity contribution in [1.29, 1.82) is 0 Å². The summed E-state index contributed by atoms with van der Waals surface area (Å²) in [5.74, 6) is 0.0318. The van der Waals surface area contributed by atoms with Crippen molar-refractivity contribution < 1.29 is 4.79 Å². The Kier molecular flexibility index (Phi) is 5.33. The summed E-state index contributed by atoms with van der Waals surface area (Å²) in [4.78, 5) is 20.7. The van der Waals surface area contributed by atoms with E-state index in [0.717, 1.165) is 21.8 Å². The van der Waals surface area contributed by atoms with E-state index >= 15 is 0 Å². The Labute approximate surface area is 145 Å². The summed E-state index contributed by atoms with van der Waals surface area (Å²) in [6, 6.07) is 12.0. The number of nitrogens with zero attached hydrogens (tertiary/aromatic N) is 2. The van der Waals surface area contributed by atoms with Crippen LogP contribution in [-0.4, -0.2) is 15.9 Å². The second-order valence-corrected chi connectivity index (χ2v) is 6.46. The summed E-state index contributed by atoms with van der Waals surface area (Å²) in [6.07, 6.45) is 4.58. The zero-order valence-corrected chi connectivity index (χ0v) is 14.3. The quantitative estimate of drug-likeness (QED) is 0.745. The fourth-order valence-electron chi connectivity index (χ4n) is 2.39. The Bertz CT molecular complexity index is 814. The number of hydrogen-bond acceptors (Lipinski definition) is 4. The maximum atomic E-state index is 12.0. The number of carbonyl (C=O) groups is 1. The molecule has 3 aromatic rings. The van der Waals surface area contributed by atoms with Gasteiger partial charge in [0, 0.05) is 36.3 Å². The molecule has 122 valence electrons. The van der Waals surface area contributed by atoms with Crippen molar-refractivity contribution >= 4 is 17.2 Å². The van der Waals surface area contributed by atoms with Crippen molar-refractivity contribution in [2.24, 2.45) is 0 Å². The molecule has 2 aromatic heterocycles. The topological polar surface area (TPSA) is 54.9 Å². The van der Waals surface area contributed by atoms with Crippen LogP contribution in [0, 0.1) is 6.92 Å². The van der Waals surface area contributed by atoms with Crippen LogP contribution in [0.3, 0.4) is 0 Å². The van der Waals surface area contributed by atoms with E-state index in [1.165, 1.54) is 5.56 Å². The van der Waals surface area contributed by atoms with Crippen LogP contribution < -0.4 is 5.32 Å². The molecule has 0 radical (unpaired) electrons. The lowest BCUT2D eigenvalue weighted by Gasteiger charge is -2.04. The van der Waals surface area contributed by atoms with Crippen molar-refractivity contribution in [2.45, 2.75) is 26.3 Å². The van der Waals surface area contributed by atoms with E-state index in [9.17, 15) is 4.79 Å². The van der Waals surface area contributed by atoms with Crippen molar-refractivity contribution in [3.63, 3.8) is 0 Å². The second kappa shape index (κ2) is 7.84. The minimum Gasteiger partial charge on any atom is -0.352 e. The van der Waals surface area contributed by atoms with Crippen LogP contribution in [0.5, 0.6) is 0 Å². The number of thiazole rings is 1. The molecule has 5 heteroatoms. The van der Waals surface area contributed by atoms with Crippen LogP contribution in [-0.2, 0) is 17.8 Å². The highest BCUT2D eigenvalue weighted by molar-refractivity contribution is 7.13. The molecule has 3 rings (SSSR count). The molecule has 0 aliphatic heterocycles. The molecule has 0 saturated heterocycles. The molecule has 1 amide bonds. The number of amides is 1. The second-order valence-electron chi connectivity index (χ2n) is 5.60. The van der Waals surface area contributed by atoms with E-state index in [4.69, 9.17) is 0 Å². The summed E-state index contributed by atoms with van der Waals surface area (Å²) in [5.41, 5.74) is 4.35. The van der Waals surface area contributed by atoms with E-state index in [1.54, 1.807) is 23.7 Å². The van der Waals surface area contributed by atoms with Crippen LogP contribution in [0.25, 0.3) is 10.6 Å². The maximum absolute atomic E-state index is 12.0. The van der Waals surface area contributed by atoms with Gasteiger partial charge in [0.2, 0.25) is 5.91 Å². The Morgan fingerprint density at radius 3 is 2.88 bits per heavy atom. The van der Waals surface area contributed by atoms with Gasteiger partial charge in [-0.1, -0.05) is 30.3 Å². The number of pyridine rings is 1. The number of benzene rings is 1. The van der Waals surface area contributed by atoms with Crippen molar-refractivity contribution in [3.8, 4) is 10.6 Å². The first kappa shape index (κ1) is 16.3. The Morgan fingerprint density at radius 2 is 2.08 bits per heavy atom. The molecule has 0 saturated carbocycles. The summed E-state index contributed by atoms with van der Waals surface area (Å²) in [5, 5.41) is 5.96. The van der Waals surface area contributed by atoms with Gasteiger partial charge in [-0.3, -0.25) is 9.78 Å². The van der Waals surface area contributed by atoms with E-state index in [0.29, 0.717) is 19.4 Å². The number of rotatable bonds is 6. The zero-order valence-electron chi connectivity index (χ0n) is 13.5. The molecule has 4 nitrogen and oxygen atoms in total. The SMILES string of the molecule is Cc1ccccc1-c1nc(CCC(=O)NCc2cccnc2)cs1. The molecule has 0 aliphatic rings. The van der Waals surface area contributed by atoms with Crippen LogP contribution in [0.2, 0.25) is 0 Å². The number of carbonyl (C=O) groups excluding carboxylic acids is 1. The predicted octanol–water partition coefficient (Wildman–Crippen LogP) is 3.76. The summed E-state index contributed by atoms with van der Waals surface area (Å²) < 4.78 is 0. The number of hydrogen-bond donors (Lipinski definition) is 1. The molecule has 0 unspecified atom stereocenters. The molecule has 0 spiro atoms. The van der Waals surface area contributed by atoms with Crippen molar-refractivity contribution in [1.82, 2.24) is 15.3 Å². The smallest absolute Gasteiger partial charge is 0.220 e. The van der Waals surface area contributed by atoms with E-state index in [1.807, 2.05) is 29.6 Å². The largest absolute Gasteiger partial charge is 0.352 e. The fraction of sp³-hybridized carbons (Fsp3) is 0.211. The predicted molar refractivity (Wildman–Crippen MR) is 96.7 cm³/mol. The molecular formula is C19H19N3OS. The average molecular weight is 337 g/mol. The molecule has 2 heterocycles. The van der Waals surface area contributed by atoms with E-state index < -0.39 is 0 Å². The first-order chi connectivity index (χ1) is 11.7. The summed E-state index contributed by atoms with van der Waals surface area (Å²) >= 11 is 1.63. The van der Waals surface area contributed by atoms with Gasteiger partial charge in [0.25, 0.3) is 0 Å². The third kappa shape index (κ3) is 4.26.